The van der Waals surface area contributed by atoms with Crippen LogP contribution in [0, 0.1) is 13.8 Å². The number of amides is 1. The van der Waals surface area contributed by atoms with E-state index in [9.17, 15) is 9.59 Å². The Morgan fingerprint density at radius 1 is 1.10 bits per heavy atom. The molecule has 1 N–H and O–H groups in total. The summed E-state index contributed by atoms with van der Waals surface area (Å²) < 4.78 is 10.2. The number of esters is 1. The molecule has 0 unspecified atom stereocenters. The highest BCUT2D eigenvalue weighted by Gasteiger charge is 2.21. The molecule has 4 rings (SSSR count). The van der Waals surface area contributed by atoms with Crippen LogP contribution >= 0.6 is 11.6 Å². The van der Waals surface area contributed by atoms with E-state index in [-0.39, 0.29) is 5.82 Å². The van der Waals surface area contributed by atoms with Crippen molar-refractivity contribution in [2.75, 3.05) is 11.9 Å². The lowest BCUT2D eigenvalue weighted by molar-refractivity contribution is -0.119. The van der Waals surface area contributed by atoms with Crippen molar-refractivity contribution in [3.63, 3.8) is 0 Å². The smallest absolute Gasteiger partial charge is 0.339 e. The molecule has 8 heteroatoms. The number of aryl methyl sites for hydroxylation is 1. The fourth-order valence-corrected chi connectivity index (χ4v) is 3.48. The van der Waals surface area contributed by atoms with Gasteiger partial charge in [0.25, 0.3) is 5.91 Å². The van der Waals surface area contributed by atoms with Crippen LogP contribution in [0.4, 0.5) is 5.82 Å². The van der Waals surface area contributed by atoms with Crippen LogP contribution < -0.4 is 5.32 Å². The number of carbonyl (C=O) groups excluding carboxylic acids is 2. The van der Waals surface area contributed by atoms with Crippen LogP contribution in [0.3, 0.4) is 0 Å². The normalized spacial score (nSPS) is 10.8. The summed E-state index contributed by atoms with van der Waals surface area (Å²) in [6.45, 7) is 3.04. The van der Waals surface area contributed by atoms with Gasteiger partial charge in [0.2, 0.25) is 0 Å². The number of pyridine rings is 1. The van der Waals surface area contributed by atoms with Crippen LogP contribution in [0.2, 0.25) is 5.02 Å². The minimum Gasteiger partial charge on any atom is -0.452 e. The number of para-hydroxylation sites is 1. The number of carbonyl (C=O) groups is 2. The first kappa shape index (κ1) is 20.6. The average Bonchev–Trinajstić information content (AvgIpc) is 3.16. The molecule has 0 aliphatic rings. The zero-order chi connectivity index (χ0) is 22.0. The second-order valence-corrected chi connectivity index (χ2v) is 7.37. The molecule has 0 saturated carbocycles. The van der Waals surface area contributed by atoms with Crippen LogP contribution in [0.5, 0.6) is 0 Å². The van der Waals surface area contributed by atoms with Gasteiger partial charge in [-0.15, -0.1) is 0 Å². The van der Waals surface area contributed by atoms with Gasteiger partial charge in [-0.25, -0.2) is 9.78 Å². The van der Waals surface area contributed by atoms with E-state index in [2.05, 4.69) is 10.5 Å². The molecule has 0 fully saturated rings. The molecule has 0 spiro atoms. The SMILES string of the molecule is Cc1cc(NC(=O)COC(=O)c2c(C)c(-c3cccc(Cl)c3)nc3ccccc23)no1. The molecular weight excluding hydrogens is 418 g/mol. The lowest BCUT2D eigenvalue weighted by atomic mass is 9.98. The standard InChI is InChI=1S/C23H18ClN3O4/c1-13-10-19(27-31-13)26-20(28)12-30-23(29)21-14(2)22(15-6-5-7-16(24)11-15)25-18-9-4-3-8-17(18)21/h3-11H,12H2,1-2H3,(H,26,27,28). The van der Waals surface area contributed by atoms with E-state index in [0.29, 0.717) is 38.5 Å². The summed E-state index contributed by atoms with van der Waals surface area (Å²) in [6, 6.07) is 16.1. The van der Waals surface area contributed by atoms with Gasteiger partial charge in [-0.1, -0.05) is 47.1 Å². The Kier molecular flexibility index (Phi) is 5.68. The molecule has 7 nitrogen and oxygen atoms in total. The van der Waals surface area contributed by atoms with Crippen molar-refractivity contribution in [1.29, 1.82) is 0 Å². The molecule has 1 amide bonds. The number of benzene rings is 2. The van der Waals surface area contributed by atoms with Crippen molar-refractivity contribution in [2.45, 2.75) is 13.8 Å². The predicted molar refractivity (Wildman–Crippen MR) is 117 cm³/mol. The zero-order valence-electron chi connectivity index (χ0n) is 16.8. The Labute approximate surface area is 183 Å². The number of hydrogen-bond acceptors (Lipinski definition) is 6. The molecule has 0 radical (unpaired) electrons. The van der Waals surface area contributed by atoms with Crippen LogP contribution in [-0.2, 0) is 9.53 Å². The highest BCUT2D eigenvalue weighted by molar-refractivity contribution is 6.30. The molecule has 2 aromatic heterocycles. The minimum absolute atomic E-state index is 0.257. The van der Waals surface area contributed by atoms with E-state index in [1.807, 2.05) is 30.3 Å². The lowest BCUT2D eigenvalue weighted by Crippen LogP contribution is -2.21. The molecule has 2 aromatic carbocycles. The van der Waals surface area contributed by atoms with Gasteiger partial charge < -0.3 is 14.6 Å². The van der Waals surface area contributed by atoms with E-state index in [4.69, 9.17) is 25.8 Å². The maximum atomic E-state index is 13.0. The van der Waals surface area contributed by atoms with Gasteiger partial charge in [0.05, 0.1) is 16.8 Å². The number of nitrogens with zero attached hydrogens (tertiary/aromatic N) is 2. The van der Waals surface area contributed by atoms with Crippen molar-refractivity contribution in [2.24, 2.45) is 0 Å². The molecule has 31 heavy (non-hydrogen) atoms. The second kappa shape index (κ2) is 8.57. The van der Waals surface area contributed by atoms with Gasteiger partial charge >= 0.3 is 5.97 Å². The summed E-state index contributed by atoms with van der Waals surface area (Å²) in [6.07, 6.45) is 0. The number of hydrogen-bond donors (Lipinski definition) is 1. The van der Waals surface area contributed by atoms with Gasteiger partial charge in [0, 0.05) is 22.0 Å². The lowest BCUT2D eigenvalue weighted by Gasteiger charge is -2.14. The summed E-state index contributed by atoms with van der Waals surface area (Å²) >= 11 is 6.14. The van der Waals surface area contributed by atoms with Crippen molar-refractivity contribution in [3.8, 4) is 11.3 Å². The highest BCUT2D eigenvalue weighted by Crippen LogP contribution is 2.31. The maximum absolute atomic E-state index is 13.0. The van der Waals surface area contributed by atoms with E-state index in [0.717, 1.165) is 5.56 Å². The molecular formula is C23H18ClN3O4. The van der Waals surface area contributed by atoms with Crippen LogP contribution in [-0.4, -0.2) is 28.6 Å². The van der Waals surface area contributed by atoms with Crippen LogP contribution in [0.1, 0.15) is 21.7 Å². The number of ether oxygens (including phenoxy) is 1. The summed E-state index contributed by atoms with van der Waals surface area (Å²) in [5.41, 5.74) is 3.03. The Morgan fingerprint density at radius 2 is 1.90 bits per heavy atom. The second-order valence-electron chi connectivity index (χ2n) is 6.94. The average molecular weight is 436 g/mol. The molecule has 2 heterocycles. The number of aromatic nitrogens is 2. The molecule has 0 atom stereocenters. The van der Waals surface area contributed by atoms with Crippen molar-refractivity contribution < 1.29 is 18.8 Å². The fourth-order valence-electron chi connectivity index (χ4n) is 3.29. The third kappa shape index (κ3) is 4.41. The Morgan fingerprint density at radius 3 is 2.65 bits per heavy atom. The van der Waals surface area contributed by atoms with Gasteiger partial charge in [-0.05, 0) is 37.6 Å². The van der Waals surface area contributed by atoms with Gasteiger partial charge in [0.1, 0.15) is 5.76 Å². The topological polar surface area (TPSA) is 94.3 Å². The van der Waals surface area contributed by atoms with Crippen molar-refractivity contribution >= 4 is 40.2 Å². The van der Waals surface area contributed by atoms with Crippen LogP contribution in [0.25, 0.3) is 22.2 Å². The monoisotopic (exact) mass is 435 g/mol. The molecule has 0 saturated heterocycles. The third-order valence-electron chi connectivity index (χ3n) is 4.67. The van der Waals surface area contributed by atoms with E-state index in [1.165, 1.54) is 0 Å². The zero-order valence-corrected chi connectivity index (χ0v) is 17.6. The van der Waals surface area contributed by atoms with Gasteiger partial charge in [-0.3, -0.25) is 4.79 Å². The van der Waals surface area contributed by atoms with Crippen molar-refractivity contribution in [3.05, 3.63) is 76.5 Å². The van der Waals surface area contributed by atoms with E-state index in [1.54, 1.807) is 38.1 Å². The Hall–Kier alpha value is -3.71. The van der Waals surface area contributed by atoms with Gasteiger partial charge in [0.15, 0.2) is 12.4 Å². The first-order valence-corrected chi connectivity index (χ1v) is 9.86. The summed E-state index contributed by atoms with van der Waals surface area (Å²) in [5.74, 6) is -0.328. The first-order valence-electron chi connectivity index (χ1n) is 9.48. The largest absolute Gasteiger partial charge is 0.452 e. The molecule has 156 valence electrons. The molecule has 4 aromatic rings. The number of fused-ring (bicyclic) bond motifs is 1. The predicted octanol–water partition coefficient (Wildman–Crippen LogP) is 4.96. The third-order valence-corrected chi connectivity index (χ3v) is 4.90. The Bertz CT molecular complexity index is 1300. The number of halogens is 1. The van der Waals surface area contributed by atoms with Gasteiger partial charge in [-0.2, -0.15) is 0 Å². The minimum atomic E-state index is -0.620. The first-order chi connectivity index (χ1) is 14.9. The number of anilines is 1. The number of nitrogens with one attached hydrogen (secondary N) is 1. The fraction of sp³-hybridized carbons (Fsp3) is 0.130. The van der Waals surface area contributed by atoms with Crippen molar-refractivity contribution in [1.82, 2.24) is 10.1 Å². The molecule has 0 aliphatic carbocycles. The van der Waals surface area contributed by atoms with E-state index < -0.39 is 18.5 Å². The van der Waals surface area contributed by atoms with E-state index >= 15 is 0 Å². The molecule has 0 aliphatic heterocycles. The highest BCUT2D eigenvalue weighted by atomic mass is 35.5. The summed E-state index contributed by atoms with van der Waals surface area (Å²) in [7, 11) is 0. The molecule has 0 bridgehead atoms. The van der Waals surface area contributed by atoms with Crippen LogP contribution in [0.15, 0.2) is 59.1 Å². The summed E-state index contributed by atoms with van der Waals surface area (Å²) in [5, 5.41) is 7.41. The quantitative estimate of drug-likeness (QED) is 0.445. The number of rotatable bonds is 5. The summed E-state index contributed by atoms with van der Waals surface area (Å²) in [4.78, 5) is 29.9. The maximum Gasteiger partial charge on any atom is 0.339 e. The Balaban J connectivity index is 1.64.